The molecule has 5 heteroatoms. The minimum absolute atomic E-state index is 0.0241. The third kappa shape index (κ3) is 4.24. The van der Waals surface area contributed by atoms with E-state index in [1.54, 1.807) is 0 Å². The van der Waals surface area contributed by atoms with Crippen LogP contribution >= 0.6 is 0 Å². The van der Waals surface area contributed by atoms with Crippen LogP contribution in [0.5, 0.6) is 0 Å². The molecule has 3 aliphatic rings. The van der Waals surface area contributed by atoms with E-state index >= 15 is 0 Å². The van der Waals surface area contributed by atoms with Gasteiger partial charge in [-0.1, -0.05) is 23.8 Å². The predicted molar refractivity (Wildman–Crippen MR) is 119 cm³/mol. The van der Waals surface area contributed by atoms with Gasteiger partial charge in [0.15, 0.2) is 5.78 Å². The van der Waals surface area contributed by atoms with E-state index in [1.165, 1.54) is 0 Å². The van der Waals surface area contributed by atoms with Crippen molar-refractivity contribution in [1.29, 1.82) is 0 Å². The van der Waals surface area contributed by atoms with Gasteiger partial charge < -0.3 is 9.64 Å². The molecule has 0 bridgehead atoms. The van der Waals surface area contributed by atoms with Gasteiger partial charge in [-0.25, -0.2) is 9.98 Å². The number of carbonyl (C=O) groups excluding carboxylic acids is 1. The summed E-state index contributed by atoms with van der Waals surface area (Å²) in [6.45, 7) is 8.55. The van der Waals surface area contributed by atoms with Gasteiger partial charge in [-0.05, 0) is 58.3 Å². The number of ketones is 1. The SMILES string of the molecule is CCO/C(C=C(C)C)=C/C=C(\C)C1=C2N=C(N(C)C)N=C2C2=CCCC=C2C1=O. The number of fused-ring (bicyclic) bond motifs is 3. The van der Waals surface area contributed by atoms with Crippen LogP contribution in [0.1, 0.15) is 40.5 Å². The normalized spacial score (nSPS) is 19.0. The van der Waals surface area contributed by atoms with Crippen molar-refractivity contribution < 1.29 is 9.53 Å². The summed E-state index contributed by atoms with van der Waals surface area (Å²) in [5.74, 6) is 1.42. The number of hydrogen-bond donors (Lipinski definition) is 0. The molecule has 0 amide bonds. The average molecular weight is 392 g/mol. The van der Waals surface area contributed by atoms with E-state index in [1.807, 2.05) is 71.0 Å². The lowest BCUT2D eigenvalue weighted by molar-refractivity contribution is -0.111. The maximum Gasteiger partial charge on any atom is 0.226 e. The summed E-state index contributed by atoms with van der Waals surface area (Å²) in [4.78, 5) is 24.6. The molecule has 0 aromatic heterocycles. The molecule has 0 N–H and O–H groups in total. The highest BCUT2D eigenvalue weighted by Crippen LogP contribution is 2.38. The molecule has 0 unspecified atom stereocenters. The number of aliphatic imine (C=N–C) groups is 2. The molecule has 2 aliphatic carbocycles. The van der Waals surface area contributed by atoms with Crippen molar-refractivity contribution >= 4 is 17.5 Å². The van der Waals surface area contributed by atoms with Crippen LogP contribution in [0.3, 0.4) is 0 Å². The van der Waals surface area contributed by atoms with Crippen LogP contribution in [-0.2, 0) is 9.53 Å². The second-order valence-electron chi connectivity index (χ2n) is 7.71. The summed E-state index contributed by atoms with van der Waals surface area (Å²) < 4.78 is 5.70. The summed E-state index contributed by atoms with van der Waals surface area (Å²) in [5.41, 5.74) is 5.77. The Bertz CT molecular complexity index is 976. The Hall–Kier alpha value is -2.95. The summed E-state index contributed by atoms with van der Waals surface area (Å²) in [6.07, 6.45) is 11.8. The monoisotopic (exact) mass is 391 g/mol. The smallest absolute Gasteiger partial charge is 0.226 e. The third-order valence-corrected chi connectivity index (χ3v) is 4.80. The number of ether oxygens (including phenoxy) is 1. The van der Waals surface area contributed by atoms with E-state index in [-0.39, 0.29) is 5.78 Å². The molecule has 29 heavy (non-hydrogen) atoms. The van der Waals surface area contributed by atoms with Crippen molar-refractivity contribution in [2.75, 3.05) is 20.7 Å². The first kappa shape index (κ1) is 20.8. The van der Waals surface area contributed by atoms with Gasteiger partial charge in [-0.3, -0.25) is 4.79 Å². The fourth-order valence-electron chi connectivity index (χ4n) is 3.50. The summed E-state index contributed by atoms with van der Waals surface area (Å²) in [7, 11) is 3.82. The molecule has 5 nitrogen and oxygen atoms in total. The number of guanidine groups is 1. The fraction of sp³-hybridized carbons (Fsp3) is 0.375. The van der Waals surface area contributed by atoms with Crippen LogP contribution in [0.15, 0.2) is 79.7 Å². The molecule has 3 rings (SSSR count). The second kappa shape index (κ2) is 8.60. The fourth-order valence-corrected chi connectivity index (χ4v) is 3.50. The van der Waals surface area contributed by atoms with Gasteiger partial charge in [0.25, 0.3) is 0 Å². The standard InChI is InChI=1S/C24H29N3O2/c1-7-29-17(14-15(2)3)13-12-16(4)20-22-21(25-24(26-22)27(5)6)18-10-8-9-11-19(18)23(20)28/h10-14H,7-9H2,1-6H3/b16-12+,17-13+. The zero-order valence-corrected chi connectivity index (χ0v) is 18.2. The number of carbonyl (C=O) groups is 1. The Kier molecular flexibility index (Phi) is 6.16. The van der Waals surface area contributed by atoms with Crippen molar-refractivity contribution in [2.45, 2.75) is 40.5 Å². The van der Waals surface area contributed by atoms with E-state index in [2.05, 4.69) is 6.08 Å². The van der Waals surface area contributed by atoms with Crippen LogP contribution in [0.4, 0.5) is 0 Å². The molecular formula is C24H29N3O2. The Labute approximate surface area is 173 Å². The van der Waals surface area contributed by atoms with E-state index in [4.69, 9.17) is 14.7 Å². The number of allylic oxidation sites excluding steroid dienone is 10. The number of nitrogens with zero attached hydrogens (tertiary/aromatic N) is 3. The first-order chi connectivity index (χ1) is 13.8. The van der Waals surface area contributed by atoms with Crippen molar-refractivity contribution in [3.63, 3.8) is 0 Å². The lowest BCUT2D eigenvalue weighted by Crippen LogP contribution is -2.25. The number of rotatable bonds is 5. The van der Waals surface area contributed by atoms with Gasteiger partial charge >= 0.3 is 0 Å². The molecule has 152 valence electrons. The maximum atomic E-state index is 13.4. The molecule has 0 saturated heterocycles. The van der Waals surface area contributed by atoms with Crippen molar-refractivity contribution in [3.05, 3.63) is 69.7 Å². The first-order valence-electron chi connectivity index (χ1n) is 10.0. The topological polar surface area (TPSA) is 54.3 Å². The molecule has 0 aromatic rings. The highest BCUT2D eigenvalue weighted by molar-refractivity contribution is 6.35. The molecule has 0 atom stereocenters. The minimum Gasteiger partial charge on any atom is -0.494 e. The molecule has 0 aromatic carbocycles. The van der Waals surface area contributed by atoms with Crippen molar-refractivity contribution in [2.24, 2.45) is 9.98 Å². The second-order valence-corrected chi connectivity index (χ2v) is 7.71. The molecule has 1 heterocycles. The highest BCUT2D eigenvalue weighted by atomic mass is 16.5. The van der Waals surface area contributed by atoms with E-state index < -0.39 is 0 Å². The molecule has 0 fully saturated rings. The van der Waals surface area contributed by atoms with E-state index in [0.717, 1.165) is 46.6 Å². The van der Waals surface area contributed by atoms with E-state index in [0.29, 0.717) is 23.8 Å². The molecule has 0 saturated carbocycles. The van der Waals surface area contributed by atoms with Crippen LogP contribution in [-0.4, -0.2) is 43.1 Å². The van der Waals surface area contributed by atoms with Gasteiger partial charge in [-0.15, -0.1) is 0 Å². The number of hydrogen-bond acceptors (Lipinski definition) is 5. The van der Waals surface area contributed by atoms with Gasteiger partial charge in [0.1, 0.15) is 17.2 Å². The zero-order chi connectivity index (χ0) is 21.1. The average Bonchev–Trinajstić information content (AvgIpc) is 3.11. The predicted octanol–water partition coefficient (Wildman–Crippen LogP) is 4.67. The third-order valence-electron chi connectivity index (χ3n) is 4.80. The Morgan fingerprint density at radius 3 is 2.41 bits per heavy atom. The Balaban J connectivity index is 2.12. The lowest BCUT2D eigenvalue weighted by atomic mass is 9.79. The van der Waals surface area contributed by atoms with Crippen LogP contribution in [0.25, 0.3) is 0 Å². The molecular weight excluding hydrogens is 362 g/mol. The van der Waals surface area contributed by atoms with Gasteiger partial charge in [0.05, 0.1) is 12.2 Å². The largest absolute Gasteiger partial charge is 0.494 e. The Morgan fingerprint density at radius 2 is 1.79 bits per heavy atom. The summed E-state index contributed by atoms with van der Waals surface area (Å²) >= 11 is 0. The maximum absolute atomic E-state index is 13.4. The van der Waals surface area contributed by atoms with Crippen molar-refractivity contribution in [3.8, 4) is 0 Å². The zero-order valence-electron chi connectivity index (χ0n) is 18.2. The van der Waals surface area contributed by atoms with Crippen LogP contribution in [0.2, 0.25) is 0 Å². The summed E-state index contributed by atoms with van der Waals surface area (Å²) in [6, 6.07) is 0. The molecule has 0 spiro atoms. The van der Waals surface area contributed by atoms with E-state index in [9.17, 15) is 4.79 Å². The molecule has 0 radical (unpaired) electrons. The summed E-state index contributed by atoms with van der Waals surface area (Å²) in [5, 5.41) is 0. The van der Waals surface area contributed by atoms with Gasteiger partial charge in [-0.2, -0.15) is 0 Å². The van der Waals surface area contributed by atoms with Gasteiger partial charge in [0, 0.05) is 25.2 Å². The number of Topliss-reactive ketones (excluding diaryl/α,β-unsaturated/α-hetero) is 1. The highest BCUT2D eigenvalue weighted by Gasteiger charge is 2.37. The quantitative estimate of drug-likeness (QED) is 0.505. The van der Waals surface area contributed by atoms with Crippen LogP contribution < -0.4 is 0 Å². The lowest BCUT2D eigenvalue weighted by Gasteiger charge is -2.23. The Morgan fingerprint density at radius 1 is 1.10 bits per heavy atom. The van der Waals surface area contributed by atoms with Crippen molar-refractivity contribution in [1.82, 2.24) is 4.90 Å². The molecule has 1 aliphatic heterocycles. The van der Waals surface area contributed by atoms with Crippen LogP contribution in [0, 0.1) is 0 Å². The first-order valence-corrected chi connectivity index (χ1v) is 10.0. The minimum atomic E-state index is 0.0241. The van der Waals surface area contributed by atoms with Gasteiger partial charge in [0.2, 0.25) is 5.96 Å².